The van der Waals surface area contributed by atoms with E-state index in [-0.39, 0.29) is 4.75 Å². The fraction of sp³-hybridized carbons (Fsp3) is 0.667. The summed E-state index contributed by atoms with van der Waals surface area (Å²) in [6.07, 6.45) is 2.22. The molecule has 0 bridgehead atoms. The van der Waals surface area contributed by atoms with E-state index in [1.165, 1.54) is 5.69 Å². The van der Waals surface area contributed by atoms with Gasteiger partial charge in [-0.15, -0.1) is 0 Å². The first-order valence-corrected chi connectivity index (χ1v) is 11.2. The lowest BCUT2D eigenvalue weighted by Gasteiger charge is -2.40. The lowest BCUT2D eigenvalue weighted by Crippen LogP contribution is -2.55. The second kappa shape index (κ2) is 10.3. The van der Waals surface area contributed by atoms with E-state index >= 15 is 0 Å². The van der Waals surface area contributed by atoms with Gasteiger partial charge in [0, 0.05) is 69.5 Å². The molecule has 156 valence electrons. The van der Waals surface area contributed by atoms with E-state index in [0.29, 0.717) is 0 Å². The Balaban J connectivity index is 1.54. The molecule has 2 fully saturated rings. The van der Waals surface area contributed by atoms with E-state index in [1.54, 1.807) is 7.11 Å². The summed E-state index contributed by atoms with van der Waals surface area (Å²) in [7, 11) is 3.61. The van der Waals surface area contributed by atoms with Crippen molar-refractivity contribution in [2.45, 2.75) is 24.5 Å². The molecular formula is C21H34N4O2S. The van der Waals surface area contributed by atoms with Gasteiger partial charge in [-0.1, -0.05) is 13.0 Å². The number of aliphatic imine (C=N–C) groups is 1. The van der Waals surface area contributed by atoms with Crippen LogP contribution in [0.15, 0.2) is 29.3 Å². The quantitative estimate of drug-likeness (QED) is 0.579. The van der Waals surface area contributed by atoms with Gasteiger partial charge in [-0.05, 0) is 30.7 Å². The summed E-state index contributed by atoms with van der Waals surface area (Å²) < 4.78 is 11.2. The van der Waals surface area contributed by atoms with Gasteiger partial charge >= 0.3 is 0 Å². The number of rotatable bonds is 6. The largest absolute Gasteiger partial charge is 0.497 e. The van der Waals surface area contributed by atoms with Gasteiger partial charge in [0.1, 0.15) is 5.75 Å². The number of nitrogens with zero attached hydrogens (tertiary/aromatic N) is 3. The summed E-state index contributed by atoms with van der Waals surface area (Å²) in [6, 6.07) is 8.31. The summed E-state index contributed by atoms with van der Waals surface area (Å²) >= 11 is 2.06. The maximum Gasteiger partial charge on any atom is 0.193 e. The summed E-state index contributed by atoms with van der Waals surface area (Å²) in [5, 5.41) is 3.67. The number of thioether (sulfide) groups is 1. The van der Waals surface area contributed by atoms with Crippen molar-refractivity contribution in [1.29, 1.82) is 0 Å². The summed E-state index contributed by atoms with van der Waals surface area (Å²) in [6.45, 7) is 8.83. The SMILES string of the molecule is CCSC1(CNC(=NC)N2CCN(c3cccc(OC)c3)CC2)CCOCC1. The lowest BCUT2D eigenvalue weighted by molar-refractivity contribution is 0.0780. The van der Waals surface area contributed by atoms with Gasteiger partial charge in [0.15, 0.2) is 5.96 Å². The van der Waals surface area contributed by atoms with Crippen LogP contribution in [0.5, 0.6) is 5.75 Å². The smallest absolute Gasteiger partial charge is 0.193 e. The Morgan fingerprint density at radius 3 is 2.64 bits per heavy atom. The zero-order chi connectivity index (χ0) is 19.8. The molecule has 1 aromatic rings. The van der Waals surface area contributed by atoms with Crippen molar-refractivity contribution in [2.24, 2.45) is 4.99 Å². The predicted molar refractivity (Wildman–Crippen MR) is 119 cm³/mol. The Morgan fingerprint density at radius 1 is 1.25 bits per heavy atom. The number of benzene rings is 1. The standard InChI is InChI=1S/C21H34N4O2S/c1-4-28-21(8-14-27-15-9-21)17-23-20(22-2)25-12-10-24(11-13-25)18-6-5-7-19(16-18)26-3/h5-7,16H,4,8-15,17H2,1-3H3,(H,22,23). The number of methoxy groups -OCH3 is 1. The van der Waals surface area contributed by atoms with Crippen LogP contribution in [-0.4, -0.2) is 81.5 Å². The minimum atomic E-state index is 0.269. The highest BCUT2D eigenvalue weighted by atomic mass is 32.2. The Bertz CT molecular complexity index is 636. The van der Waals surface area contributed by atoms with E-state index in [4.69, 9.17) is 9.47 Å². The highest BCUT2D eigenvalue weighted by molar-refractivity contribution is 8.00. The molecule has 0 radical (unpaired) electrons. The van der Waals surface area contributed by atoms with Crippen LogP contribution in [0.4, 0.5) is 5.69 Å². The van der Waals surface area contributed by atoms with Crippen LogP contribution in [0, 0.1) is 0 Å². The molecule has 2 saturated heterocycles. The first kappa shape index (κ1) is 21.1. The van der Waals surface area contributed by atoms with E-state index < -0.39 is 0 Å². The molecule has 6 nitrogen and oxygen atoms in total. The molecule has 0 spiro atoms. The van der Waals surface area contributed by atoms with Crippen LogP contribution >= 0.6 is 11.8 Å². The zero-order valence-electron chi connectivity index (χ0n) is 17.4. The average Bonchev–Trinajstić information content (AvgIpc) is 2.75. The average molecular weight is 407 g/mol. The lowest BCUT2D eigenvalue weighted by atomic mass is 9.99. The van der Waals surface area contributed by atoms with Gasteiger partial charge in [0.2, 0.25) is 0 Å². The van der Waals surface area contributed by atoms with Crippen molar-refractivity contribution in [3.63, 3.8) is 0 Å². The summed E-state index contributed by atoms with van der Waals surface area (Å²) in [5.74, 6) is 3.07. The molecule has 2 aliphatic heterocycles. The van der Waals surface area contributed by atoms with Gasteiger partial charge in [0.05, 0.1) is 7.11 Å². The predicted octanol–water partition coefficient (Wildman–Crippen LogP) is 2.69. The topological polar surface area (TPSA) is 49.3 Å². The second-order valence-corrected chi connectivity index (χ2v) is 9.04. The third-order valence-electron chi connectivity index (χ3n) is 5.63. The van der Waals surface area contributed by atoms with Crippen LogP contribution in [0.3, 0.4) is 0 Å². The van der Waals surface area contributed by atoms with Gasteiger partial charge in [0.25, 0.3) is 0 Å². The number of ether oxygens (including phenoxy) is 2. The monoisotopic (exact) mass is 406 g/mol. The molecule has 2 aliphatic rings. The van der Waals surface area contributed by atoms with Crippen LogP contribution in [-0.2, 0) is 4.74 Å². The molecule has 0 aromatic heterocycles. The molecule has 0 aliphatic carbocycles. The normalized spacial score (nSPS) is 20.2. The summed E-state index contributed by atoms with van der Waals surface area (Å²) in [5.41, 5.74) is 1.22. The highest BCUT2D eigenvalue weighted by Gasteiger charge is 2.33. The van der Waals surface area contributed by atoms with Crippen molar-refractivity contribution >= 4 is 23.4 Å². The number of guanidine groups is 1. The number of nitrogens with one attached hydrogen (secondary N) is 1. The third kappa shape index (κ3) is 5.26. The Hall–Kier alpha value is -1.60. The van der Waals surface area contributed by atoms with Crippen LogP contribution in [0.25, 0.3) is 0 Å². The van der Waals surface area contributed by atoms with Crippen molar-refractivity contribution in [1.82, 2.24) is 10.2 Å². The van der Waals surface area contributed by atoms with Crippen LogP contribution in [0.1, 0.15) is 19.8 Å². The molecule has 1 aromatic carbocycles. The first-order valence-electron chi connectivity index (χ1n) is 10.3. The fourth-order valence-corrected chi connectivity index (χ4v) is 5.22. The molecule has 0 unspecified atom stereocenters. The minimum absolute atomic E-state index is 0.269. The van der Waals surface area contributed by atoms with Crippen molar-refractivity contribution in [3.8, 4) is 5.75 Å². The van der Waals surface area contributed by atoms with Gasteiger partial charge in [-0.25, -0.2) is 0 Å². The van der Waals surface area contributed by atoms with Gasteiger partial charge in [-0.3, -0.25) is 4.99 Å². The molecule has 0 atom stereocenters. The molecule has 3 rings (SSSR count). The second-order valence-electron chi connectivity index (χ2n) is 7.30. The van der Waals surface area contributed by atoms with Crippen molar-refractivity contribution < 1.29 is 9.47 Å². The highest BCUT2D eigenvalue weighted by Crippen LogP contribution is 2.34. The van der Waals surface area contributed by atoms with E-state index in [9.17, 15) is 0 Å². The zero-order valence-corrected chi connectivity index (χ0v) is 18.3. The van der Waals surface area contributed by atoms with Crippen LogP contribution in [0.2, 0.25) is 0 Å². The summed E-state index contributed by atoms with van der Waals surface area (Å²) in [4.78, 5) is 9.36. The Morgan fingerprint density at radius 2 is 2.00 bits per heavy atom. The van der Waals surface area contributed by atoms with Crippen LogP contribution < -0.4 is 15.0 Å². The van der Waals surface area contributed by atoms with E-state index in [2.05, 4.69) is 57.0 Å². The molecule has 28 heavy (non-hydrogen) atoms. The maximum atomic E-state index is 5.59. The minimum Gasteiger partial charge on any atom is -0.497 e. The molecular weight excluding hydrogens is 372 g/mol. The fourth-order valence-electron chi connectivity index (χ4n) is 3.98. The van der Waals surface area contributed by atoms with Gasteiger partial charge < -0.3 is 24.6 Å². The number of hydrogen-bond donors (Lipinski definition) is 1. The maximum absolute atomic E-state index is 5.59. The number of hydrogen-bond acceptors (Lipinski definition) is 5. The first-order chi connectivity index (χ1) is 13.7. The number of anilines is 1. The molecule has 0 amide bonds. The van der Waals surface area contributed by atoms with Gasteiger partial charge in [-0.2, -0.15) is 11.8 Å². The molecule has 1 N–H and O–H groups in total. The Kier molecular flexibility index (Phi) is 7.73. The molecule has 0 saturated carbocycles. The van der Waals surface area contributed by atoms with E-state index in [0.717, 1.165) is 76.2 Å². The van der Waals surface area contributed by atoms with E-state index in [1.807, 2.05) is 13.1 Å². The molecule has 7 heteroatoms. The Labute approximate surface area is 173 Å². The third-order valence-corrected chi connectivity index (χ3v) is 7.09. The molecule has 2 heterocycles. The number of piperazine rings is 1. The van der Waals surface area contributed by atoms with Crippen molar-refractivity contribution in [2.75, 3.05) is 70.7 Å². The van der Waals surface area contributed by atoms with Crippen molar-refractivity contribution in [3.05, 3.63) is 24.3 Å².